The van der Waals surface area contributed by atoms with Crippen LogP contribution in [0.4, 0.5) is 5.69 Å². The fourth-order valence-electron chi connectivity index (χ4n) is 1.67. The fraction of sp³-hybridized carbons (Fsp3) is 0. The van der Waals surface area contributed by atoms with Gasteiger partial charge in [-0.2, -0.15) is 5.26 Å². The van der Waals surface area contributed by atoms with Crippen LogP contribution < -0.4 is 5.32 Å². The van der Waals surface area contributed by atoms with Crippen LogP contribution in [-0.2, 0) is 0 Å². The molecule has 0 saturated heterocycles. The lowest BCUT2D eigenvalue weighted by Gasteiger charge is -2.08. The monoisotopic (exact) mass is 300 g/mol. The number of nitrogens with one attached hydrogen (secondary N) is 1. The third-order valence-corrected chi connectivity index (χ3v) is 3.03. The highest BCUT2D eigenvalue weighted by Gasteiger charge is 2.11. The van der Waals surface area contributed by atoms with Gasteiger partial charge in [-0.1, -0.05) is 17.7 Å². The minimum atomic E-state index is -1.10. The Morgan fingerprint density at radius 2 is 1.90 bits per heavy atom. The van der Waals surface area contributed by atoms with Crippen molar-refractivity contribution in [2.24, 2.45) is 0 Å². The lowest BCUT2D eigenvalue weighted by molar-refractivity contribution is 0.0696. The molecule has 0 fully saturated rings. The van der Waals surface area contributed by atoms with E-state index < -0.39 is 11.9 Å². The number of amides is 1. The molecule has 0 spiro atoms. The summed E-state index contributed by atoms with van der Waals surface area (Å²) in [5, 5.41) is 20.3. The van der Waals surface area contributed by atoms with E-state index in [0.29, 0.717) is 16.8 Å². The van der Waals surface area contributed by atoms with E-state index in [9.17, 15) is 9.59 Å². The highest BCUT2D eigenvalue weighted by Crippen LogP contribution is 2.23. The predicted octanol–water partition coefficient (Wildman–Crippen LogP) is 3.16. The maximum absolute atomic E-state index is 12.1. The number of nitrogens with zero attached hydrogens (tertiary/aromatic N) is 1. The van der Waals surface area contributed by atoms with Crippen molar-refractivity contribution in [3.63, 3.8) is 0 Å². The van der Waals surface area contributed by atoms with Gasteiger partial charge in [0.05, 0.1) is 27.9 Å². The van der Waals surface area contributed by atoms with Gasteiger partial charge in [-0.15, -0.1) is 0 Å². The van der Waals surface area contributed by atoms with Gasteiger partial charge in [0.25, 0.3) is 5.91 Å². The van der Waals surface area contributed by atoms with E-state index in [0.717, 1.165) is 0 Å². The Morgan fingerprint density at radius 3 is 2.52 bits per heavy atom. The third kappa shape index (κ3) is 3.38. The van der Waals surface area contributed by atoms with Gasteiger partial charge >= 0.3 is 5.97 Å². The number of carboxylic acid groups (broad SMARTS) is 1. The smallest absolute Gasteiger partial charge is 0.335 e. The van der Waals surface area contributed by atoms with E-state index in [1.165, 1.54) is 24.3 Å². The lowest BCUT2D eigenvalue weighted by Crippen LogP contribution is -2.12. The molecule has 21 heavy (non-hydrogen) atoms. The molecule has 6 heteroatoms. The predicted molar refractivity (Wildman–Crippen MR) is 77.5 cm³/mol. The summed E-state index contributed by atoms with van der Waals surface area (Å²) in [5.74, 6) is -1.53. The van der Waals surface area contributed by atoms with Crippen molar-refractivity contribution in [1.29, 1.82) is 5.26 Å². The van der Waals surface area contributed by atoms with Gasteiger partial charge < -0.3 is 10.4 Å². The molecule has 2 aromatic rings. The quantitative estimate of drug-likeness (QED) is 0.911. The molecule has 104 valence electrons. The van der Waals surface area contributed by atoms with Crippen LogP contribution in [0.3, 0.4) is 0 Å². The van der Waals surface area contributed by atoms with Crippen molar-refractivity contribution in [3.8, 4) is 6.07 Å². The number of aromatic carboxylic acids is 1. The zero-order chi connectivity index (χ0) is 15.4. The molecular weight excluding hydrogens is 292 g/mol. The number of anilines is 1. The highest BCUT2D eigenvalue weighted by molar-refractivity contribution is 6.34. The standard InChI is InChI=1S/C15H9ClN2O3/c16-12-7-11(15(20)21)4-5-13(12)18-14(19)10-3-1-2-9(6-10)8-17/h1-7H,(H,18,19)(H,20,21). The first-order chi connectivity index (χ1) is 10.0. The first kappa shape index (κ1) is 14.6. The molecule has 0 bridgehead atoms. The molecule has 2 N–H and O–H groups in total. The van der Waals surface area contributed by atoms with Crippen LogP contribution >= 0.6 is 11.6 Å². The van der Waals surface area contributed by atoms with Crippen LogP contribution in [0, 0.1) is 11.3 Å². The van der Waals surface area contributed by atoms with Crippen molar-refractivity contribution in [3.05, 3.63) is 64.2 Å². The van der Waals surface area contributed by atoms with Crippen LogP contribution in [0.15, 0.2) is 42.5 Å². The average Bonchev–Trinajstić information content (AvgIpc) is 2.49. The maximum atomic E-state index is 12.1. The van der Waals surface area contributed by atoms with Gasteiger partial charge in [0.15, 0.2) is 0 Å². The third-order valence-electron chi connectivity index (χ3n) is 2.72. The summed E-state index contributed by atoms with van der Waals surface area (Å²) in [6.07, 6.45) is 0. The highest BCUT2D eigenvalue weighted by atomic mass is 35.5. The summed E-state index contributed by atoms with van der Waals surface area (Å²) in [6, 6.07) is 12.2. The van der Waals surface area contributed by atoms with E-state index in [1.807, 2.05) is 6.07 Å². The first-order valence-corrected chi connectivity index (χ1v) is 6.23. The summed E-state index contributed by atoms with van der Waals surface area (Å²) < 4.78 is 0. The molecule has 0 aliphatic rings. The van der Waals surface area contributed by atoms with Gasteiger partial charge in [0.1, 0.15) is 0 Å². The SMILES string of the molecule is N#Cc1cccc(C(=O)Nc2ccc(C(=O)O)cc2Cl)c1. The molecule has 0 heterocycles. The Bertz CT molecular complexity index is 766. The topological polar surface area (TPSA) is 90.2 Å². The fourth-order valence-corrected chi connectivity index (χ4v) is 1.90. The molecule has 0 aromatic heterocycles. The van der Waals surface area contributed by atoms with Gasteiger partial charge in [0.2, 0.25) is 0 Å². The minimum Gasteiger partial charge on any atom is -0.478 e. The van der Waals surface area contributed by atoms with Gasteiger partial charge in [-0.25, -0.2) is 4.79 Å². The molecule has 2 aromatic carbocycles. The van der Waals surface area contributed by atoms with Gasteiger partial charge in [0, 0.05) is 5.56 Å². The van der Waals surface area contributed by atoms with E-state index in [4.69, 9.17) is 22.0 Å². The molecule has 2 rings (SSSR count). The minimum absolute atomic E-state index is 0.0319. The van der Waals surface area contributed by atoms with E-state index in [2.05, 4.69) is 5.32 Å². The lowest BCUT2D eigenvalue weighted by atomic mass is 10.1. The van der Waals surface area contributed by atoms with Crippen LogP contribution in [0.1, 0.15) is 26.3 Å². The van der Waals surface area contributed by atoms with Crippen LogP contribution in [-0.4, -0.2) is 17.0 Å². The molecule has 1 amide bonds. The van der Waals surface area contributed by atoms with Crippen LogP contribution in [0.5, 0.6) is 0 Å². The normalized spacial score (nSPS) is 9.71. The van der Waals surface area contributed by atoms with E-state index in [1.54, 1.807) is 18.2 Å². The Hall–Kier alpha value is -2.84. The second-order valence-electron chi connectivity index (χ2n) is 4.15. The van der Waals surface area contributed by atoms with Crippen LogP contribution in [0.25, 0.3) is 0 Å². The molecule has 5 nitrogen and oxygen atoms in total. The Morgan fingerprint density at radius 1 is 1.14 bits per heavy atom. The molecule has 0 aliphatic carbocycles. The van der Waals surface area contributed by atoms with E-state index >= 15 is 0 Å². The summed E-state index contributed by atoms with van der Waals surface area (Å²) in [5.41, 5.74) is 1.01. The first-order valence-electron chi connectivity index (χ1n) is 5.85. The number of halogens is 1. The molecule has 0 saturated carbocycles. The summed E-state index contributed by atoms with van der Waals surface area (Å²) >= 11 is 5.93. The molecule has 0 aliphatic heterocycles. The van der Waals surface area contributed by atoms with Crippen molar-refractivity contribution < 1.29 is 14.7 Å². The maximum Gasteiger partial charge on any atom is 0.335 e. The summed E-state index contributed by atoms with van der Waals surface area (Å²) in [4.78, 5) is 22.9. The Balaban J connectivity index is 2.23. The number of benzene rings is 2. The molecule has 0 atom stereocenters. The van der Waals surface area contributed by atoms with Crippen molar-refractivity contribution >= 4 is 29.2 Å². The second-order valence-corrected chi connectivity index (χ2v) is 4.55. The number of hydrogen-bond acceptors (Lipinski definition) is 3. The molecular formula is C15H9ClN2O3. The van der Waals surface area contributed by atoms with E-state index in [-0.39, 0.29) is 10.6 Å². The largest absolute Gasteiger partial charge is 0.478 e. The van der Waals surface area contributed by atoms with Gasteiger partial charge in [-0.05, 0) is 36.4 Å². The Kier molecular flexibility index (Phi) is 4.21. The number of carboxylic acids is 1. The molecule has 0 unspecified atom stereocenters. The number of carbonyl (C=O) groups excluding carboxylic acids is 1. The van der Waals surface area contributed by atoms with Crippen molar-refractivity contribution in [2.45, 2.75) is 0 Å². The van der Waals surface area contributed by atoms with Gasteiger partial charge in [-0.3, -0.25) is 4.79 Å². The number of rotatable bonds is 3. The van der Waals surface area contributed by atoms with Crippen molar-refractivity contribution in [2.75, 3.05) is 5.32 Å². The summed E-state index contributed by atoms with van der Waals surface area (Å²) in [7, 11) is 0. The number of carbonyl (C=O) groups is 2. The zero-order valence-electron chi connectivity index (χ0n) is 10.6. The summed E-state index contributed by atoms with van der Waals surface area (Å²) in [6.45, 7) is 0. The number of hydrogen-bond donors (Lipinski definition) is 2. The zero-order valence-corrected chi connectivity index (χ0v) is 11.4. The number of nitriles is 1. The Labute approximate surface area is 125 Å². The van der Waals surface area contributed by atoms with Crippen molar-refractivity contribution in [1.82, 2.24) is 0 Å². The average molecular weight is 301 g/mol. The molecule has 0 radical (unpaired) electrons. The second kappa shape index (κ2) is 6.07. The van der Waals surface area contributed by atoms with Crippen LogP contribution in [0.2, 0.25) is 5.02 Å².